The molecule has 1 aliphatic rings. The molecule has 0 saturated carbocycles. The zero-order valence-corrected chi connectivity index (χ0v) is 19.5. The number of hydrogen-bond acceptors (Lipinski definition) is 5. The summed E-state index contributed by atoms with van der Waals surface area (Å²) in [5.41, 5.74) is 0. The number of aliphatic imine (C=N–C) groups is 1. The van der Waals surface area contributed by atoms with E-state index in [4.69, 9.17) is 11.6 Å². The molecule has 3 heterocycles. The Hall–Kier alpha value is -0.910. The molecule has 1 N–H and O–H groups in total. The lowest BCUT2D eigenvalue weighted by molar-refractivity contribution is 0.173. The maximum Gasteiger partial charge on any atom is 0.193 e. The van der Waals surface area contributed by atoms with Gasteiger partial charge in [-0.05, 0) is 25.0 Å². The number of hydrogen-bond donors (Lipinski definition) is 1. The lowest BCUT2D eigenvalue weighted by atomic mass is 10.3. The SMILES string of the molecule is CN=C(NCCCCn1cnnc1)N1CCN(Cc2ccc(Cl)s2)CC1.I. The first-order valence-corrected chi connectivity index (χ1v) is 10.2. The summed E-state index contributed by atoms with van der Waals surface area (Å²) in [7, 11) is 1.86. The Kier molecular flexibility index (Phi) is 9.80. The van der Waals surface area contributed by atoms with E-state index in [1.165, 1.54) is 4.88 Å². The summed E-state index contributed by atoms with van der Waals surface area (Å²) in [4.78, 5) is 10.6. The molecule has 2 aromatic rings. The Morgan fingerprint density at radius 2 is 1.93 bits per heavy atom. The number of rotatable bonds is 7. The molecule has 2 aromatic heterocycles. The number of piperazine rings is 1. The summed E-state index contributed by atoms with van der Waals surface area (Å²) in [6.45, 7) is 6.97. The van der Waals surface area contributed by atoms with Crippen molar-refractivity contribution in [3.05, 3.63) is 34.0 Å². The van der Waals surface area contributed by atoms with E-state index in [1.807, 2.05) is 17.7 Å². The van der Waals surface area contributed by atoms with E-state index in [1.54, 1.807) is 24.0 Å². The number of nitrogens with zero attached hydrogens (tertiary/aromatic N) is 6. The van der Waals surface area contributed by atoms with Gasteiger partial charge in [0.15, 0.2) is 5.96 Å². The first-order chi connectivity index (χ1) is 12.7. The Balaban J connectivity index is 0.00000261. The minimum Gasteiger partial charge on any atom is -0.356 e. The highest BCUT2D eigenvalue weighted by Crippen LogP contribution is 2.23. The van der Waals surface area contributed by atoms with E-state index in [0.29, 0.717) is 0 Å². The molecule has 0 unspecified atom stereocenters. The third kappa shape index (κ3) is 7.20. The lowest BCUT2D eigenvalue weighted by Gasteiger charge is -2.36. The van der Waals surface area contributed by atoms with Crippen molar-refractivity contribution in [2.24, 2.45) is 4.99 Å². The van der Waals surface area contributed by atoms with Crippen LogP contribution in [0.4, 0.5) is 0 Å². The molecule has 0 aliphatic carbocycles. The summed E-state index contributed by atoms with van der Waals surface area (Å²) < 4.78 is 2.88. The summed E-state index contributed by atoms with van der Waals surface area (Å²) >= 11 is 7.69. The van der Waals surface area contributed by atoms with Crippen LogP contribution in [-0.2, 0) is 13.1 Å². The molecule has 10 heteroatoms. The van der Waals surface area contributed by atoms with Gasteiger partial charge in [-0.15, -0.1) is 45.5 Å². The Morgan fingerprint density at radius 1 is 1.19 bits per heavy atom. The second-order valence-corrected chi connectivity index (χ2v) is 8.15. The first kappa shape index (κ1) is 22.4. The van der Waals surface area contributed by atoms with E-state index in [2.05, 4.69) is 36.4 Å². The van der Waals surface area contributed by atoms with Crippen LogP contribution < -0.4 is 5.32 Å². The number of aromatic nitrogens is 3. The second-order valence-electron chi connectivity index (χ2n) is 6.35. The minimum atomic E-state index is 0. The van der Waals surface area contributed by atoms with Gasteiger partial charge < -0.3 is 14.8 Å². The normalized spacial score (nSPS) is 15.6. The summed E-state index contributed by atoms with van der Waals surface area (Å²) in [5, 5.41) is 11.1. The zero-order valence-electron chi connectivity index (χ0n) is 15.6. The third-order valence-corrected chi connectivity index (χ3v) is 5.70. The average molecular weight is 524 g/mol. The number of guanidine groups is 1. The van der Waals surface area contributed by atoms with E-state index >= 15 is 0 Å². The molecular weight excluding hydrogens is 497 g/mol. The van der Waals surface area contributed by atoms with Crippen molar-refractivity contribution in [1.82, 2.24) is 29.9 Å². The highest BCUT2D eigenvalue weighted by Gasteiger charge is 2.19. The quantitative estimate of drug-likeness (QED) is 0.262. The molecule has 1 fully saturated rings. The maximum absolute atomic E-state index is 6.02. The fourth-order valence-corrected chi connectivity index (χ4v) is 4.19. The largest absolute Gasteiger partial charge is 0.356 e. The van der Waals surface area contributed by atoms with Crippen LogP contribution >= 0.6 is 46.9 Å². The van der Waals surface area contributed by atoms with Gasteiger partial charge in [0, 0.05) is 57.7 Å². The van der Waals surface area contributed by atoms with Gasteiger partial charge in [0.1, 0.15) is 12.7 Å². The standard InChI is InChI=1S/C17H26ClN7S.HI/c1-19-17(20-6-2-3-7-24-13-21-22-14-24)25-10-8-23(9-11-25)12-15-4-5-16(18)26-15;/h4-5,13-14H,2-3,6-12H2,1H3,(H,19,20);1H. The lowest BCUT2D eigenvalue weighted by Crippen LogP contribution is -2.52. The van der Waals surface area contributed by atoms with Crippen LogP contribution in [0, 0.1) is 0 Å². The van der Waals surface area contributed by atoms with Gasteiger partial charge in [-0.1, -0.05) is 11.6 Å². The number of thiophene rings is 1. The van der Waals surface area contributed by atoms with Crippen LogP contribution in [0.3, 0.4) is 0 Å². The molecule has 0 amide bonds. The molecule has 0 bridgehead atoms. The number of halogens is 2. The van der Waals surface area contributed by atoms with Crippen molar-refractivity contribution in [3.8, 4) is 0 Å². The Morgan fingerprint density at radius 3 is 2.56 bits per heavy atom. The molecule has 0 atom stereocenters. The summed E-state index contributed by atoms with van der Waals surface area (Å²) in [6.07, 6.45) is 5.71. The van der Waals surface area contributed by atoms with E-state index in [9.17, 15) is 0 Å². The van der Waals surface area contributed by atoms with Crippen molar-refractivity contribution in [2.45, 2.75) is 25.9 Å². The molecular formula is C17H27ClIN7S. The monoisotopic (exact) mass is 523 g/mol. The van der Waals surface area contributed by atoms with E-state index in [0.717, 1.165) is 69.0 Å². The highest BCUT2D eigenvalue weighted by atomic mass is 127. The summed E-state index contributed by atoms with van der Waals surface area (Å²) in [5.74, 6) is 1.01. The van der Waals surface area contributed by atoms with Crippen LogP contribution in [0.15, 0.2) is 29.8 Å². The first-order valence-electron chi connectivity index (χ1n) is 8.99. The molecule has 0 aromatic carbocycles. The van der Waals surface area contributed by atoms with Gasteiger partial charge in [-0.25, -0.2) is 0 Å². The fourth-order valence-electron chi connectivity index (χ4n) is 3.06. The van der Waals surface area contributed by atoms with Gasteiger partial charge in [0.25, 0.3) is 0 Å². The average Bonchev–Trinajstić information content (AvgIpc) is 3.31. The second kappa shape index (κ2) is 11.8. The molecule has 7 nitrogen and oxygen atoms in total. The molecule has 0 spiro atoms. The number of aryl methyl sites for hydroxylation is 1. The Labute approximate surface area is 186 Å². The van der Waals surface area contributed by atoms with Gasteiger partial charge in [0.05, 0.1) is 4.34 Å². The van der Waals surface area contributed by atoms with Crippen LogP contribution in [-0.4, -0.2) is 70.3 Å². The van der Waals surface area contributed by atoms with Crippen molar-refractivity contribution in [3.63, 3.8) is 0 Å². The number of unbranched alkanes of at least 4 members (excludes halogenated alkanes) is 1. The zero-order chi connectivity index (χ0) is 18.2. The van der Waals surface area contributed by atoms with Crippen LogP contribution in [0.5, 0.6) is 0 Å². The predicted molar refractivity (Wildman–Crippen MR) is 122 cm³/mol. The summed E-state index contributed by atoms with van der Waals surface area (Å²) in [6, 6.07) is 4.10. The van der Waals surface area contributed by atoms with Gasteiger partial charge in [-0.3, -0.25) is 9.89 Å². The van der Waals surface area contributed by atoms with Crippen molar-refractivity contribution in [1.29, 1.82) is 0 Å². The molecule has 27 heavy (non-hydrogen) atoms. The van der Waals surface area contributed by atoms with E-state index in [-0.39, 0.29) is 24.0 Å². The molecule has 0 radical (unpaired) electrons. The van der Waals surface area contributed by atoms with Crippen LogP contribution in [0.1, 0.15) is 17.7 Å². The molecule has 3 rings (SSSR count). The minimum absolute atomic E-state index is 0. The third-order valence-electron chi connectivity index (χ3n) is 4.48. The van der Waals surface area contributed by atoms with E-state index < -0.39 is 0 Å². The maximum atomic E-state index is 6.02. The Bertz CT molecular complexity index is 683. The van der Waals surface area contributed by atoms with Gasteiger partial charge in [-0.2, -0.15) is 0 Å². The van der Waals surface area contributed by atoms with Crippen molar-refractivity contribution >= 4 is 52.9 Å². The van der Waals surface area contributed by atoms with Gasteiger partial charge >= 0.3 is 0 Å². The topological polar surface area (TPSA) is 61.6 Å². The fraction of sp³-hybridized carbons (Fsp3) is 0.588. The smallest absolute Gasteiger partial charge is 0.193 e. The number of nitrogens with one attached hydrogen (secondary N) is 1. The van der Waals surface area contributed by atoms with Crippen molar-refractivity contribution < 1.29 is 0 Å². The highest BCUT2D eigenvalue weighted by molar-refractivity contribution is 14.0. The molecule has 1 saturated heterocycles. The molecule has 1 aliphatic heterocycles. The van der Waals surface area contributed by atoms with Crippen molar-refractivity contribution in [2.75, 3.05) is 39.8 Å². The van der Waals surface area contributed by atoms with Crippen LogP contribution in [0.2, 0.25) is 4.34 Å². The van der Waals surface area contributed by atoms with Gasteiger partial charge in [0.2, 0.25) is 0 Å². The van der Waals surface area contributed by atoms with Crippen LogP contribution in [0.25, 0.3) is 0 Å². The predicted octanol–water partition coefficient (Wildman–Crippen LogP) is 2.78. The molecule has 150 valence electrons.